The van der Waals surface area contributed by atoms with Gasteiger partial charge in [0.05, 0.1) is 23.5 Å². The minimum atomic E-state index is -0.118. The molecule has 0 aliphatic carbocycles. The van der Waals surface area contributed by atoms with Crippen molar-refractivity contribution in [1.29, 1.82) is 5.26 Å². The monoisotopic (exact) mass is 296 g/mol. The van der Waals surface area contributed by atoms with E-state index in [1.165, 1.54) is 17.4 Å². The van der Waals surface area contributed by atoms with Gasteiger partial charge in [-0.3, -0.25) is 14.3 Å². The third-order valence-corrected chi connectivity index (χ3v) is 4.28. The Morgan fingerprint density at radius 3 is 3.00 bits per heavy atom. The molecule has 5 nitrogen and oxygen atoms in total. The van der Waals surface area contributed by atoms with Gasteiger partial charge in [0, 0.05) is 6.54 Å². The number of piperidine rings is 1. The van der Waals surface area contributed by atoms with E-state index in [0.717, 1.165) is 13.1 Å². The van der Waals surface area contributed by atoms with E-state index < -0.39 is 0 Å². The van der Waals surface area contributed by atoms with Crippen molar-refractivity contribution >= 4 is 10.9 Å². The number of aromatic nitrogens is 2. The zero-order chi connectivity index (χ0) is 15.5. The van der Waals surface area contributed by atoms with Gasteiger partial charge in [0.25, 0.3) is 5.56 Å². The summed E-state index contributed by atoms with van der Waals surface area (Å²) in [6.07, 6.45) is 2.43. The van der Waals surface area contributed by atoms with Gasteiger partial charge in [0.15, 0.2) is 0 Å². The second kappa shape index (κ2) is 6.29. The number of rotatable bonds is 3. The summed E-state index contributed by atoms with van der Waals surface area (Å²) in [5, 5.41) is 9.61. The average molecular weight is 296 g/mol. The molecule has 0 unspecified atom stereocenters. The summed E-state index contributed by atoms with van der Waals surface area (Å²) >= 11 is 0. The van der Waals surface area contributed by atoms with Crippen LogP contribution in [0.5, 0.6) is 0 Å². The van der Waals surface area contributed by atoms with E-state index in [9.17, 15) is 4.79 Å². The van der Waals surface area contributed by atoms with Crippen molar-refractivity contribution in [3.05, 3.63) is 40.4 Å². The summed E-state index contributed by atoms with van der Waals surface area (Å²) in [6.45, 7) is 4.98. The van der Waals surface area contributed by atoms with Crippen molar-refractivity contribution in [2.45, 2.75) is 32.9 Å². The van der Waals surface area contributed by atoms with Crippen LogP contribution in [0.2, 0.25) is 0 Å². The van der Waals surface area contributed by atoms with Gasteiger partial charge in [-0.25, -0.2) is 4.98 Å². The summed E-state index contributed by atoms with van der Waals surface area (Å²) in [6, 6.07) is 9.42. The molecule has 1 aliphatic rings. The highest BCUT2D eigenvalue weighted by molar-refractivity contribution is 5.77. The highest BCUT2D eigenvalue weighted by Crippen LogP contribution is 2.17. The van der Waals surface area contributed by atoms with Crippen molar-refractivity contribution in [1.82, 2.24) is 14.5 Å². The number of hydrogen-bond donors (Lipinski definition) is 0. The highest BCUT2D eigenvalue weighted by Gasteiger charge is 2.19. The van der Waals surface area contributed by atoms with Crippen LogP contribution in [-0.4, -0.2) is 27.5 Å². The molecule has 114 valence electrons. The molecule has 1 fully saturated rings. The molecule has 3 rings (SSSR count). The first kappa shape index (κ1) is 14.7. The maximum absolute atomic E-state index is 12.6. The van der Waals surface area contributed by atoms with Gasteiger partial charge in [-0.05, 0) is 37.4 Å². The van der Waals surface area contributed by atoms with Crippen LogP contribution in [-0.2, 0) is 13.1 Å². The lowest BCUT2D eigenvalue weighted by Crippen LogP contribution is -2.36. The van der Waals surface area contributed by atoms with Crippen LogP contribution in [0.15, 0.2) is 29.1 Å². The largest absolute Gasteiger partial charge is 0.296 e. The Bertz CT molecular complexity index is 774. The molecule has 0 saturated carbocycles. The van der Waals surface area contributed by atoms with Crippen LogP contribution in [0.1, 0.15) is 25.6 Å². The third kappa shape index (κ3) is 2.88. The van der Waals surface area contributed by atoms with Crippen LogP contribution < -0.4 is 5.56 Å². The Kier molecular flexibility index (Phi) is 4.21. The Morgan fingerprint density at radius 2 is 2.23 bits per heavy atom. The topological polar surface area (TPSA) is 61.9 Å². The molecule has 0 spiro atoms. The average Bonchev–Trinajstić information content (AvgIpc) is 2.51. The summed E-state index contributed by atoms with van der Waals surface area (Å²) in [7, 11) is 0. The maximum Gasteiger partial charge on any atom is 0.262 e. The van der Waals surface area contributed by atoms with Gasteiger partial charge in [-0.2, -0.15) is 5.26 Å². The Balaban J connectivity index is 2.01. The second-order valence-corrected chi connectivity index (χ2v) is 6.08. The third-order valence-electron chi connectivity index (χ3n) is 4.28. The van der Waals surface area contributed by atoms with Crippen LogP contribution in [0.3, 0.4) is 0 Å². The minimum Gasteiger partial charge on any atom is -0.296 e. The molecular weight excluding hydrogens is 276 g/mol. The molecule has 0 radical (unpaired) electrons. The van der Waals surface area contributed by atoms with Gasteiger partial charge < -0.3 is 0 Å². The Morgan fingerprint density at radius 1 is 1.41 bits per heavy atom. The number of benzene rings is 1. The molecule has 1 aliphatic heterocycles. The molecule has 1 saturated heterocycles. The summed E-state index contributed by atoms with van der Waals surface area (Å²) in [5.74, 6) is 1.37. The van der Waals surface area contributed by atoms with Crippen molar-refractivity contribution in [2.24, 2.45) is 5.92 Å². The van der Waals surface area contributed by atoms with E-state index in [4.69, 9.17) is 5.26 Å². The fourth-order valence-electron chi connectivity index (χ4n) is 3.20. The Labute approximate surface area is 129 Å². The van der Waals surface area contributed by atoms with Crippen LogP contribution in [0.25, 0.3) is 10.9 Å². The zero-order valence-electron chi connectivity index (χ0n) is 12.8. The van der Waals surface area contributed by atoms with Crippen molar-refractivity contribution < 1.29 is 0 Å². The lowest BCUT2D eigenvalue weighted by molar-refractivity contribution is 0.170. The molecule has 1 atom stereocenters. The molecule has 0 N–H and O–H groups in total. The summed E-state index contributed by atoms with van der Waals surface area (Å²) in [5.41, 5.74) is 0.592. The molecule has 2 aromatic rings. The molecule has 2 heterocycles. The first-order valence-corrected chi connectivity index (χ1v) is 7.77. The molecule has 1 aromatic carbocycles. The van der Waals surface area contributed by atoms with Gasteiger partial charge in [-0.15, -0.1) is 0 Å². The lowest BCUT2D eigenvalue weighted by atomic mass is 10.0. The van der Waals surface area contributed by atoms with E-state index in [2.05, 4.69) is 22.9 Å². The zero-order valence-corrected chi connectivity index (χ0v) is 12.8. The predicted molar refractivity (Wildman–Crippen MR) is 85.3 cm³/mol. The molecule has 0 amide bonds. The van der Waals surface area contributed by atoms with Crippen molar-refractivity contribution in [3.8, 4) is 6.07 Å². The number of fused-ring (bicyclic) bond motifs is 1. The number of likely N-dealkylation sites (tertiary alicyclic amines) is 1. The number of nitrogens with zero attached hydrogens (tertiary/aromatic N) is 4. The van der Waals surface area contributed by atoms with E-state index in [-0.39, 0.29) is 12.1 Å². The fourth-order valence-corrected chi connectivity index (χ4v) is 3.20. The van der Waals surface area contributed by atoms with Crippen molar-refractivity contribution in [2.75, 3.05) is 13.1 Å². The van der Waals surface area contributed by atoms with Crippen molar-refractivity contribution in [3.63, 3.8) is 0 Å². The number of nitriles is 1. The number of hydrogen-bond acceptors (Lipinski definition) is 4. The number of para-hydroxylation sites is 1. The molecule has 5 heteroatoms. The van der Waals surface area contributed by atoms with Gasteiger partial charge in [0.1, 0.15) is 12.4 Å². The fraction of sp³-hybridized carbons (Fsp3) is 0.471. The van der Waals surface area contributed by atoms with E-state index in [1.807, 2.05) is 18.2 Å². The SMILES string of the molecule is C[C@@H]1CCCN(Cc2nc3ccccc3c(=O)n2CC#N)C1. The minimum absolute atomic E-state index is 0.0510. The second-order valence-electron chi connectivity index (χ2n) is 6.08. The predicted octanol–water partition coefficient (Wildman–Crippen LogP) is 2.15. The van der Waals surface area contributed by atoms with Crippen LogP contribution in [0, 0.1) is 17.2 Å². The highest BCUT2D eigenvalue weighted by atomic mass is 16.1. The molecule has 1 aromatic heterocycles. The molecule has 22 heavy (non-hydrogen) atoms. The summed E-state index contributed by atoms with van der Waals surface area (Å²) < 4.78 is 1.52. The van der Waals surface area contributed by atoms with Crippen LogP contribution >= 0.6 is 0 Å². The lowest BCUT2D eigenvalue weighted by Gasteiger charge is -2.30. The maximum atomic E-state index is 12.6. The summed E-state index contributed by atoms with van der Waals surface area (Å²) in [4.78, 5) is 19.6. The van der Waals surface area contributed by atoms with E-state index in [1.54, 1.807) is 6.07 Å². The quantitative estimate of drug-likeness (QED) is 0.870. The standard InChI is InChI=1S/C17H20N4O/c1-13-5-4-9-20(11-13)12-16-19-15-7-3-2-6-14(15)17(22)21(16)10-8-18/h2-3,6-7,13H,4-5,9-12H2,1H3/t13-/m1/s1. The van der Waals surface area contributed by atoms with Gasteiger partial charge in [0.2, 0.25) is 0 Å². The van der Waals surface area contributed by atoms with Crippen LogP contribution in [0.4, 0.5) is 0 Å². The normalized spacial score (nSPS) is 19.2. The Hall–Kier alpha value is -2.19. The van der Waals surface area contributed by atoms with Gasteiger partial charge >= 0.3 is 0 Å². The first-order valence-electron chi connectivity index (χ1n) is 7.77. The smallest absolute Gasteiger partial charge is 0.262 e. The molecular formula is C17H20N4O. The van der Waals surface area contributed by atoms with E-state index in [0.29, 0.717) is 29.2 Å². The first-order chi connectivity index (χ1) is 10.7. The van der Waals surface area contributed by atoms with Gasteiger partial charge in [-0.1, -0.05) is 19.1 Å². The van der Waals surface area contributed by atoms with E-state index >= 15 is 0 Å². The molecule has 0 bridgehead atoms.